The van der Waals surface area contributed by atoms with Gasteiger partial charge in [0, 0.05) is 0 Å². The van der Waals surface area contributed by atoms with Crippen LogP contribution in [-0.4, -0.2) is 15.5 Å². The molecule has 1 heterocycles. The largest absolute Gasteiger partial charge is 0.449 e. The first-order valence-electron chi connectivity index (χ1n) is 7.03. The first-order chi connectivity index (χ1) is 11.8. The average Bonchev–Trinajstić information content (AvgIpc) is 2.89. The number of para-hydroxylation sites is 2. The lowest BCUT2D eigenvalue weighted by atomic mass is 10.3. The number of fused-ring (bicyclic) bond motifs is 1. The van der Waals surface area contributed by atoms with E-state index in [0.29, 0.717) is 0 Å². The van der Waals surface area contributed by atoms with E-state index in [4.69, 9.17) is 11.6 Å². The number of carbonyl (C=O) groups excluding carboxylic acids is 1. The van der Waals surface area contributed by atoms with Gasteiger partial charge >= 0.3 is 6.18 Å². The molecule has 130 valence electrons. The highest BCUT2D eigenvalue weighted by molar-refractivity contribution is 6.33. The van der Waals surface area contributed by atoms with E-state index < -0.39 is 30.3 Å². The number of halogens is 5. The molecule has 9 heteroatoms. The zero-order chi connectivity index (χ0) is 18.2. The Hall–Kier alpha value is -2.61. The number of hydrogen-bond donors (Lipinski definition) is 1. The van der Waals surface area contributed by atoms with Crippen molar-refractivity contribution < 1.29 is 22.4 Å². The molecule has 1 N–H and O–H groups in total. The second kappa shape index (κ2) is 6.36. The molecule has 0 saturated heterocycles. The first kappa shape index (κ1) is 17.2. The predicted molar refractivity (Wildman–Crippen MR) is 84.8 cm³/mol. The van der Waals surface area contributed by atoms with Crippen LogP contribution in [0.5, 0.6) is 0 Å². The number of carbonyl (C=O) groups is 1. The number of amides is 1. The van der Waals surface area contributed by atoms with Crippen LogP contribution in [0.15, 0.2) is 42.5 Å². The monoisotopic (exact) mass is 371 g/mol. The van der Waals surface area contributed by atoms with E-state index in [1.807, 2.05) is 0 Å². The van der Waals surface area contributed by atoms with Crippen LogP contribution in [0.4, 0.5) is 23.2 Å². The second-order valence-electron chi connectivity index (χ2n) is 5.18. The smallest absolute Gasteiger partial charge is 0.323 e. The van der Waals surface area contributed by atoms with Gasteiger partial charge in [0.05, 0.1) is 21.7 Å². The Bertz CT molecular complexity index is 952. The van der Waals surface area contributed by atoms with Crippen molar-refractivity contribution in [2.45, 2.75) is 12.7 Å². The van der Waals surface area contributed by atoms with Crippen molar-refractivity contribution in [3.63, 3.8) is 0 Å². The summed E-state index contributed by atoms with van der Waals surface area (Å²) in [6, 6.07) is 9.27. The normalized spacial score (nSPS) is 11.7. The Balaban J connectivity index is 1.93. The quantitative estimate of drug-likeness (QED) is 0.690. The minimum Gasteiger partial charge on any atom is -0.323 e. The molecule has 0 fully saturated rings. The fourth-order valence-electron chi connectivity index (χ4n) is 2.38. The molecule has 25 heavy (non-hydrogen) atoms. The van der Waals surface area contributed by atoms with Gasteiger partial charge in [-0.25, -0.2) is 9.37 Å². The second-order valence-corrected chi connectivity index (χ2v) is 5.59. The maximum absolute atomic E-state index is 13.2. The van der Waals surface area contributed by atoms with Gasteiger partial charge in [0.25, 0.3) is 0 Å². The van der Waals surface area contributed by atoms with Crippen LogP contribution in [-0.2, 0) is 17.5 Å². The molecule has 0 aliphatic rings. The minimum atomic E-state index is -4.72. The molecule has 0 bridgehead atoms. The highest BCUT2D eigenvalue weighted by atomic mass is 35.5. The van der Waals surface area contributed by atoms with Gasteiger partial charge in [0.1, 0.15) is 12.4 Å². The molecule has 3 rings (SSSR count). The highest BCUT2D eigenvalue weighted by Crippen LogP contribution is 2.31. The third-order valence-corrected chi connectivity index (χ3v) is 3.73. The van der Waals surface area contributed by atoms with Gasteiger partial charge in [-0.05, 0) is 30.3 Å². The number of nitrogens with one attached hydrogen (secondary N) is 1. The van der Waals surface area contributed by atoms with Crippen molar-refractivity contribution in [1.29, 1.82) is 0 Å². The topological polar surface area (TPSA) is 46.9 Å². The predicted octanol–water partition coefficient (Wildman–Crippen LogP) is 4.49. The van der Waals surface area contributed by atoms with Crippen LogP contribution in [0.2, 0.25) is 5.02 Å². The number of aromatic nitrogens is 2. The van der Waals surface area contributed by atoms with E-state index in [2.05, 4.69) is 10.3 Å². The standard InChI is InChI=1S/C16H10ClF4N3O/c17-10-7-9(18)5-6-11(10)22-14(25)8-24-13-4-2-1-3-12(13)23-15(24)16(19,20)21/h1-7H,8H2,(H,22,25). The highest BCUT2D eigenvalue weighted by Gasteiger charge is 2.38. The third kappa shape index (κ3) is 3.58. The fourth-order valence-corrected chi connectivity index (χ4v) is 2.59. The maximum atomic E-state index is 13.2. The summed E-state index contributed by atoms with van der Waals surface area (Å²) in [5.74, 6) is -2.51. The van der Waals surface area contributed by atoms with Gasteiger partial charge in [-0.3, -0.25) is 4.79 Å². The molecular formula is C16H10ClF4N3O. The summed E-state index contributed by atoms with van der Waals surface area (Å²) < 4.78 is 53.4. The van der Waals surface area contributed by atoms with E-state index in [0.717, 1.165) is 16.7 Å². The van der Waals surface area contributed by atoms with Gasteiger partial charge in [0.15, 0.2) is 0 Å². The molecular weight excluding hydrogens is 362 g/mol. The van der Waals surface area contributed by atoms with Crippen LogP contribution in [0, 0.1) is 5.82 Å². The zero-order valence-corrected chi connectivity index (χ0v) is 13.2. The molecule has 0 spiro atoms. The molecule has 4 nitrogen and oxygen atoms in total. The summed E-state index contributed by atoms with van der Waals surface area (Å²) >= 11 is 5.80. The van der Waals surface area contributed by atoms with E-state index in [1.165, 1.54) is 18.2 Å². The Kier molecular flexibility index (Phi) is 4.38. The molecule has 0 aliphatic carbocycles. The lowest BCUT2D eigenvalue weighted by Gasteiger charge is -2.12. The van der Waals surface area contributed by atoms with Crippen LogP contribution in [0.3, 0.4) is 0 Å². The van der Waals surface area contributed by atoms with Crippen LogP contribution in [0.25, 0.3) is 11.0 Å². The number of hydrogen-bond acceptors (Lipinski definition) is 2. The van der Waals surface area contributed by atoms with E-state index >= 15 is 0 Å². The van der Waals surface area contributed by atoms with Crippen molar-refractivity contribution in [3.05, 3.63) is 59.1 Å². The molecule has 3 aromatic rings. The number of benzene rings is 2. The maximum Gasteiger partial charge on any atom is 0.449 e. The SMILES string of the molecule is O=C(Cn1c(C(F)(F)F)nc2ccccc21)Nc1ccc(F)cc1Cl. The van der Waals surface area contributed by atoms with Crippen molar-refractivity contribution in [1.82, 2.24) is 9.55 Å². The molecule has 1 aromatic heterocycles. The number of anilines is 1. The van der Waals surface area contributed by atoms with Crippen molar-refractivity contribution in [2.24, 2.45) is 0 Å². The van der Waals surface area contributed by atoms with Gasteiger partial charge < -0.3 is 9.88 Å². The molecule has 0 radical (unpaired) electrons. The van der Waals surface area contributed by atoms with Gasteiger partial charge in [-0.15, -0.1) is 0 Å². The summed E-state index contributed by atoms with van der Waals surface area (Å²) in [5, 5.41) is 2.31. The Labute approximate surface area is 144 Å². The van der Waals surface area contributed by atoms with Gasteiger partial charge in [0.2, 0.25) is 11.7 Å². The van der Waals surface area contributed by atoms with E-state index in [-0.39, 0.29) is 21.7 Å². The summed E-state index contributed by atoms with van der Waals surface area (Å²) in [6.07, 6.45) is -4.72. The van der Waals surface area contributed by atoms with Crippen molar-refractivity contribution in [2.75, 3.05) is 5.32 Å². The van der Waals surface area contributed by atoms with Crippen LogP contribution < -0.4 is 5.32 Å². The fraction of sp³-hybridized carbons (Fsp3) is 0.125. The molecule has 0 aliphatic heterocycles. The number of nitrogens with zero attached hydrogens (tertiary/aromatic N) is 2. The zero-order valence-electron chi connectivity index (χ0n) is 12.4. The summed E-state index contributed by atoms with van der Waals surface area (Å²) in [7, 11) is 0. The lowest BCUT2D eigenvalue weighted by Crippen LogP contribution is -2.23. The molecule has 2 aromatic carbocycles. The van der Waals surface area contributed by atoms with Gasteiger partial charge in [-0.1, -0.05) is 23.7 Å². The Morgan fingerprint density at radius 2 is 1.92 bits per heavy atom. The minimum absolute atomic E-state index is 0.0557. The number of imidazole rings is 1. The average molecular weight is 372 g/mol. The Morgan fingerprint density at radius 1 is 1.20 bits per heavy atom. The summed E-state index contributed by atoms with van der Waals surface area (Å²) in [4.78, 5) is 15.7. The molecule has 0 unspecified atom stereocenters. The number of alkyl halides is 3. The molecule has 0 atom stereocenters. The number of rotatable bonds is 3. The van der Waals surface area contributed by atoms with E-state index in [1.54, 1.807) is 12.1 Å². The summed E-state index contributed by atoms with van der Waals surface area (Å²) in [6.45, 7) is -0.622. The van der Waals surface area contributed by atoms with E-state index in [9.17, 15) is 22.4 Å². The summed E-state index contributed by atoms with van der Waals surface area (Å²) in [5.41, 5.74) is 0.406. The van der Waals surface area contributed by atoms with Crippen LogP contribution >= 0.6 is 11.6 Å². The molecule has 1 amide bonds. The Morgan fingerprint density at radius 3 is 2.60 bits per heavy atom. The lowest BCUT2D eigenvalue weighted by molar-refractivity contribution is -0.147. The molecule has 0 saturated carbocycles. The van der Waals surface area contributed by atoms with Crippen molar-refractivity contribution in [3.8, 4) is 0 Å². The van der Waals surface area contributed by atoms with Crippen molar-refractivity contribution >= 4 is 34.2 Å². The van der Waals surface area contributed by atoms with Gasteiger partial charge in [-0.2, -0.15) is 13.2 Å². The third-order valence-electron chi connectivity index (χ3n) is 3.42. The first-order valence-corrected chi connectivity index (χ1v) is 7.41. The van der Waals surface area contributed by atoms with Crippen LogP contribution in [0.1, 0.15) is 5.82 Å².